The molecule has 4 nitrogen and oxygen atoms in total. The van der Waals surface area contributed by atoms with Crippen molar-refractivity contribution in [1.29, 1.82) is 0 Å². The van der Waals surface area contributed by atoms with Crippen LogP contribution in [-0.4, -0.2) is 24.5 Å². The zero-order valence-corrected chi connectivity index (χ0v) is 13.5. The first kappa shape index (κ1) is 15.0. The Bertz CT molecular complexity index is 421. The van der Waals surface area contributed by atoms with Crippen molar-refractivity contribution < 1.29 is 4.42 Å². The predicted octanol–water partition coefficient (Wildman–Crippen LogP) is 3.06. The molecule has 1 aliphatic carbocycles. The SMILES string of the molecule is CC1CCCC(C(NN)c2occc2Br)(N(C)C)C1. The van der Waals surface area contributed by atoms with Gasteiger partial charge in [-0.3, -0.25) is 5.84 Å². The number of hydrazine groups is 1. The molecule has 0 aliphatic heterocycles. The number of nitrogens with one attached hydrogen (secondary N) is 1. The van der Waals surface area contributed by atoms with E-state index in [0.29, 0.717) is 5.92 Å². The number of likely N-dealkylation sites (N-methyl/N-ethyl adjacent to an activating group) is 1. The molecule has 108 valence electrons. The molecule has 3 N–H and O–H groups in total. The van der Waals surface area contributed by atoms with Crippen LogP contribution in [0.25, 0.3) is 0 Å². The molecule has 3 unspecified atom stereocenters. The largest absolute Gasteiger partial charge is 0.466 e. The Labute approximate surface area is 123 Å². The fourth-order valence-corrected chi connectivity index (χ4v) is 3.91. The Kier molecular flexibility index (Phi) is 4.71. The van der Waals surface area contributed by atoms with Crippen molar-refractivity contribution in [2.75, 3.05) is 14.1 Å². The topological polar surface area (TPSA) is 54.4 Å². The van der Waals surface area contributed by atoms with Crippen molar-refractivity contribution in [3.63, 3.8) is 0 Å². The highest BCUT2D eigenvalue weighted by Gasteiger charge is 2.45. The van der Waals surface area contributed by atoms with E-state index in [0.717, 1.165) is 23.1 Å². The third kappa shape index (κ3) is 2.75. The summed E-state index contributed by atoms with van der Waals surface area (Å²) in [5, 5.41) is 0. The fourth-order valence-electron chi connectivity index (χ4n) is 3.48. The van der Waals surface area contributed by atoms with Crippen LogP contribution in [0.3, 0.4) is 0 Å². The lowest BCUT2D eigenvalue weighted by Gasteiger charge is -2.49. The normalized spacial score (nSPS) is 29.7. The van der Waals surface area contributed by atoms with Gasteiger partial charge < -0.3 is 9.32 Å². The van der Waals surface area contributed by atoms with Crippen molar-refractivity contribution >= 4 is 15.9 Å². The highest BCUT2D eigenvalue weighted by atomic mass is 79.9. The van der Waals surface area contributed by atoms with Crippen LogP contribution < -0.4 is 11.3 Å². The third-order valence-corrected chi connectivity index (χ3v) is 5.17. The third-order valence-electron chi connectivity index (χ3n) is 4.51. The highest BCUT2D eigenvalue weighted by molar-refractivity contribution is 9.10. The maximum Gasteiger partial charge on any atom is 0.138 e. The van der Waals surface area contributed by atoms with Crippen molar-refractivity contribution in [2.24, 2.45) is 11.8 Å². The lowest BCUT2D eigenvalue weighted by Crippen LogP contribution is -2.57. The van der Waals surface area contributed by atoms with Gasteiger partial charge >= 0.3 is 0 Å². The summed E-state index contributed by atoms with van der Waals surface area (Å²) in [6, 6.07) is 1.92. The molecule has 0 amide bonds. The Morgan fingerprint density at radius 3 is 2.79 bits per heavy atom. The van der Waals surface area contributed by atoms with Gasteiger partial charge in [0.2, 0.25) is 0 Å². The van der Waals surface area contributed by atoms with E-state index < -0.39 is 0 Å². The van der Waals surface area contributed by atoms with Crippen molar-refractivity contribution in [2.45, 2.75) is 44.2 Å². The van der Waals surface area contributed by atoms with Crippen molar-refractivity contribution in [3.8, 4) is 0 Å². The van der Waals surface area contributed by atoms with E-state index in [1.165, 1.54) is 12.8 Å². The van der Waals surface area contributed by atoms with Crippen LogP contribution in [0.1, 0.15) is 44.4 Å². The minimum absolute atomic E-state index is 0.00498. The Morgan fingerprint density at radius 2 is 2.32 bits per heavy atom. The second-order valence-electron chi connectivity index (χ2n) is 5.93. The molecule has 1 aromatic rings. The van der Waals surface area contributed by atoms with Gasteiger partial charge in [-0.2, -0.15) is 0 Å². The minimum Gasteiger partial charge on any atom is -0.466 e. The summed E-state index contributed by atoms with van der Waals surface area (Å²) in [6.45, 7) is 2.32. The molecule has 1 aliphatic rings. The Balaban J connectivity index is 2.39. The molecular weight excluding hydrogens is 306 g/mol. The first-order valence-electron chi connectivity index (χ1n) is 6.87. The van der Waals surface area contributed by atoms with Gasteiger partial charge in [-0.1, -0.05) is 19.8 Å². The van der Waals surface area contributed by atoms with Crippen molar-refractivity contribution in [1.82, 2.24) is 10.3 Å². The number of hydrogen-bond donors (Lipinski definition) is 2. The average Bonchev–Trinajstić information content (AvgIpc) is 2.76. The van der Waals surface area contributed by atoms with Gasteiger partial charge in [-0.05, 0) is 54.9 Å². The van der Waals surface area contributed by atoms with Gasteiger partial charge in [0, 0.05) is 5.54 Å². The van der Waals surface area contributed by atoms with E-state index in [1.807, 2.05) is 6.07 Å². The standard InChI is InChI=1S/C14H24BrN3O/c1-10-5-4-7-14(9-10,18(2)3)13(17-16)12-11(15)6-8-19-12/h6,8,10,13,17H,4-5,7,9,16H2,1-3H3. The lowest BCUT2D eigenvalue weighted by molar-refractivity contribution is 0.0289. The monoisotopic (exact) mass is 329 g/mol. The summed E-state index contributed by atoms with van der Waals surface area (Å²) >= 11 is 3.55. The van der Waals surface area contributed by atoms with E-state index in [-0.39, 0.29) is 11.6 Å². The van der Waals surface area contributed by atoms with E-state index >= 15 is 0 Å². The number of furan rings is 1. The number of hydrogen-bond acceptors (Lipinski definition) is 4. The second kappa shape index (κ2) is 5.95. The Hall–Kier alpha value is -0.360. The minimum atomic E-state index is -0.00498. The van der Waals surface area contributed by atoms with Crippen LogP contribution in [0.2, 0.25) is 0 Å². The summed E-state index contributed by atoms with van der Waals surface area (Å²) < 4.78 is 6.65. The van der Waals surface area contributed by atoms with Gasteiger partial charge in [-0.15, -0.1) is 0 Å². The maximum absolute atomic E-state index is 5.87. The molecule has 1 fully saturated rings. The number of nitrogens with zero attached hydrogens (tertiary/aromatic N) is 1. The van der Waals surface area contributed by atoms with Crippen LogP contribution in [0, 0.1) is 5.92 Å². The summed E-state index contributed by atoms with van der Waals surface area (Å²) in [6.07, 6.45) is 6.50. The van der Waals surface area contributed by atoms with E-state index in [9.17, 15) is 0 Å². The average molecular weight is 330 g/mol. The summed E-state index contributed by atoms with van der Waals surface area (Å²) in [5.41, 5.74) is 3.00. The molecule has 2 rings (SSSR count). The van der Waals surface area contributed by atoms with Gasteiger partial charge in [0.05, 0.1) is 16.8 Å². The Morgan fingerprint density at radius 1 is 1.58 bits per heavy atom. The molecule has 0 radical (unpaired) electrons. The molecule has 19 heavy (non-hydrogen) atoms. The highest BCUT2D eigenvalue weighted by Crippen LogP contribution is 2.45. The summed E-state index contributed by atoms with van der Waals surface area (Å²) in [5.74, 6) is 7.48. The number of rotatable bonds is 4. The number of halogens is 1. The van der Waals surface area contributed by atoms with Crippen LogP contribution in [0.15, 0.2) is 21.2 Å². The first-order chi connectivity index (χ1) is 9.01. The molecular formula is C14H24BrN3O. The van der Waals surface area contributed by atoms with Crippen LogP contribution in [0.5, 0.6) is 0 Å². The lowest BCUT2D eigenvalue weighted by atomic mass is 9.71. The maximum atomic E-state index is 5.87. The molecule has 0 aromatic carbocycles. The fraction of sp³-hybridized carbons (Fsp3) is 0.714. The second-order valence-corrected chi connectivity index (χ2v) is 6.79. The predicted molar refractivity (Wildman–Crippen MR) is 80.5 cm³/mol. The van der Waals surface area contributed by atoms with E-state index in [1.54, 1.807) is 6.26 Å². The molecule has 0 bridgehead atoms. The molecule has 5 heteroatoms. The van der Waals surface area contributed by atoms with Gasteiger partial charge in [-0.25, -0.2) is 5.43 Å². The first-order valence-corrected chi connectivity index (χ1v) is 7.67. The van der Waals surface area contributed by atoms with E-state index in [2.05, 4.69) is 47.3 Å². The molecule has 1 saturated carbocycles. The van der Waals surface area contributed by atoms with Crippen LogP contribution in [0.4, 0.5) is 0 Å². The number of nitrogens with two attached hydrogens (primary N) is 1. The van der Waals surface area contributed by atoms with Crippen LogP contribution >= 0.6 is 15.9 Å². The van der Waals surface area contributed by atoms with Crippen LogP contribution in [-0.2, 0) is 0 Å². The van der Waals surface area contributed by atoms with Crippen molar-refractivity contribution in [3.05, 3.63) is 22.6 Å². The molecule has 0 spiro atoms. The molecule has 1 heterocycles. The van der Waals surface area contributed by atoms with Gasteiger partial charge in [0.15, 0.2) is 0 Å². The van der Waals surface area contributed by atoms with Gasteiger partial charge in [0.1, 0.15) is 5.76 Å². The van der Waals surface area contributed by atoms with E-state index in [4.69, 9.17) is 10.3 Å². The summed E-state index contributed by atoms with van der Waals surface area (Å²) in [4.78, 5) is 2.31. The van der Waals surface area contributed by atoms with Gasteiger partial charge in [0.25, 0.3) is 0 Å². The smallest absolute Gasteiger partial charge is 0.138 e. The quantitative estimate of drug-likeness (QED) is 0.658. The molecule has 3 atom stereocenters. The zero-order valence-electron chi connectivity index (χ0n) is 11.9. The zero-order chi connectivity index (χ0) is 14.0. The summed E-state index contributed by atoms with van der Waals surface area (Å²) in [7, 11) is 4.28. The molecule has 0 saturated heterocycles. The molecule has 1 aromatic heterocycles.